The molecule has 1 N–H and O–H groups in total. The van der Waals surface area contributed by atoms with E-state index < -0.39 is 0 Å². The van der Waals surface area contributed by atoms with E-state index in [1.165, 1.54) is 12.5 Å². The Bertz CT molecular complexity index is 360. The molecule has 1 nitrogen and oxygen atoms in total. The summed E-state index contributed by atoms with van der Waals surface area (Å²) in [7, 11) is 1.92. The van der Waals surface area contributed by atoms with Gasteiger partial charge in [-0.25, -0.2) is 4.39 Å². The van der Waals surface area contributed by atoms with E-state index in [2.05, 4.69) is 5.32 Å². The third-order valence-corrected chi connectivity index (χ3v) is 4.13. The van der Waals surface area contributed by atoms with Crippen LogP contribution in [0.3, 0.4) is 0 Å². The van der Waals surface area contributed by atoms with Crippen LogP contribution < -0.4 is 5.32 Å². The second kappa shape index (κ2) is 5.36. The molecule has 94 valence electrons. The van der Waals surface area contributed by atoms with Gasteiger partial charge in [0.25, 0.3) is 0 Å². The monoisotopic (exact) mass is 255 g/mol. The largest absolute Gasteiger partial charge is 0.319 e. The maximum absolute atomic E-state index is 14.1. The molecule has 1 saturated carbocycles. The van der Waals surface area contributed by atoms with E-state index in [-0.39, 0.29) is 11.2 Å². The molecular weight excluding hydrogens is 237 g/mol. The van der Waals surface area contributed by atoms with Crippen LogP contribution in [0.4, 0.5) is 4.39 Å². The summed E-state index contributed by atoms with van der Waals surface area (Å²) in [6.45, 7) is 0.799. The van der Waals surface area contributed by atoms with E-state index in [0.29, 0.717) is 5.02 Å². The van der Waals surface area contributed by atoms with E-state index >= 15 is 0 Å². The van der Waals surface area contributed by atoms with E-state index in [9.17, 15) is 4.39 Å². The molecule has 0 amide bonds. The van der Waals surface area contributed by atoms with Crippen LogP contribution in [0.15, 0.2) is 18.2 Å². The zero-order chi connectivity index (χ0) is 12.3. The molecule has 3 heteroatoms. The predicted octanol–water partition coefficient (Wildman–Crippen LogP) is 3.90. The summed E-state index contributed by atoms with van der Waals surface area (Å²) in [5.74, 6) is -0.158. The van der Waals surface area contributed by atoms with Crippen molar-refractivity contribution in [2.45, 2.75) is 37.5 Å². The van der Waals surface area contributed by atoms with E-state index in [4.69, 9.17) is 11.6 Å². The molecule has 2 rings (SSSR count). The number of hydrogen-bond acceptors (Lipinski definition) is 1. The summed E-state index contributed by atoms with van der Waals surface area (Å²) < 4.78 is 14.1. The molecule has 1 fully saturated rings. The lowest BCUT2D eigenvalue weighted by Gasteiger charge is -2.38. The Labute approximate surface area is 107 Å². The van der Waals surface area contributed by atoms with Gasteiger partial charge in [0.2, 0.25) is 0 Å². The molecule has 0 radical (unpaired) electrons. The summed E-state index contributed by atoms with van der Waals surface area (Å²) in [5.41, 5.74) is 0.603. The van der Waals surface area contributed by atoms with Crippen molar-refractivity contribution < 1.29 is 4.39 Å². The molecule has 0 aliphatic heterocycles. The predicted molar refractivity (Wildman–Crippen MR) is 70.1 cm³/mol. The number of rotatable bonds is 3. The molecule has 17 heavy (non-hydrogen) atoms. The van der Waals surface area contributed by atoms with Crippen LogP contribution in [0.25, 0.3) is 0 Å². The van der Waals surface area contributed by atoms with E-state index in [0.717, 1.165) is 37.8 Å². The first-order valence-electron chi connectivity index (χ1n) is 6.29. The Hall–Kier alpha value is -0.600. The van der Waals surface area contributed by atoms with Crippen molar-refractivity contribution in [1.82, 2.24) is 5.32 Å². The van der Waals surface area contributed by atoms with Crippen molar-refractivity contribution in [3.63, 3.8) is 0 Å². The van der Waals surface area contributed by atoms with Crippen LogP contribution in [-0.2, 0) is 5.41 Å². The molecule has 1 aliphatic rings. The Morgan fingerprint density at radius 2 is 2.00 bits per heavy atom. The van der Waals surface area contributed by atoms with Gasteiger partial charge in [-0.1, -0.05) is 36.9 Å². The zero-order valence-corrected chi connectivity index (χ0v) is 11.0. The van der Waals surface area contributed by atoms with Crippen molar-refractivity contribution in [3.8, 4) is 0 Å². The lowest BCUT2D eigenvalue weighted by Crippen LogP contribution is -2.39. The summed E-state index contributed by atoms with van der Waals surface area (Å²) in [5, 5.41) is 3.78. The quantitative estimate of drug-likeness (QED) is 0.864. The molecule has 0 spiro atoms. The highest BCUT2D eigenvalue weighted by atomic mass is 35.5. The second-order valence-corrected chi connectivity index (χ2v) is 5.38. The number of halogens is 2. The first-order chi connectivity index (χ1) is 8.19. The van der Waals surface area contributed by atoms with Crippen molar-refractivity contribution in [2.75, 3.05) is 13.6 Å². The fraction of sp³-hybridized carbons (Fsp3) is 0.571. The minimum atomic E-state index is -0.158. The minimum absolute atomic E-state index is 0.116. The standard InChI is InChI=1S/C14H19ClFN/c1-17-10-14(8-3-2-4-9-14)13-11(15)6-5-7-12(13)16/h5-7,17H,2-4,8-10H2,1H3. The fourth-order valence-electron chi connectivity index (χ4n) is 3.09. The van der Waals surface area contributed by atoms with Crippen LogP contribution in [0, 0.1) is 5.82 Å². The number of nitrogens with one attached hydrogen (secondary N) is 1. The Kier molecular flexibility index (Phi) is 4.05. The van der Waals surface area contributed by atoms with Crippen molar-refractivity contribution >= 4 is 11.6 Å². The summed E-state index contributed by atoms with van der Waals surface area (Å²) in [6.07, 6.45) is 5.61. The van der Waals surface area contributed by atoms with Crippen LogP contribution >= 0.6 is 11.6 Å². The van der Waals surface area contributed by atoms with Gasteiger partial charge in [-0.15, -0.1) is 0 Å². The Morgan fingerprint density at radius 1 is 1.29 bits per heavy atom. The number of likely N-dealkylation sites (N-methyl/N-ethyl adjacent to an activating group) is 1. The van der Waals surface area contributed by atoms with Gasteiger partial charge in [0.15, 0.2) is 0 Å². The van der Waals surface area contributed by atoms with Gasteiger partial charge in [-0.3, -0.25) is 0 Å². The first kappa shape index (κ1) is 12.8. The maximum atomic E-state index is 14.1. The molecule has 1 aromatic carbocycles. The van der Waals surface area contributed by atoms with Crippen molar-refractivity contribution in [1.29, 1.82) is 0 Å². The van der Waals surface area contributed by atoms with Crippen LogP contribution in [0.1, 0.15) is 37.7 Å². The average Bonchev–Trinajstić information content (AvgIpc) is 2.30. The van der Waals surface area contributed by atoms with Gasteiger partial charge < -0.3 is 5.32 Å². The lowest BCUT2D eigenvalue weighted by molar-refractivity contribution is 0.277. The Morgan fingerprint density at radius 3 is 2.59 bits per heavy atom. The summed E-state index contributed by atoms with van der Waals surface area (Å²) in [6, 6.07) is 5.00. The van der Waals surface area contributed by atoms with Crippen LogP contribution in [0.5, 0.6) is 0 Å². The van der Waals surface area contributed by atoms with E-state index in [1.54, 1.807) is 12.1 Å². The topological polar surface area (TPSA) is 12.0 Å². The molecule has 0 aromatic heterocycles. The van der Waals surface area contributed by atoms with Crippen LogP contribution in [-0.4, -0.2) is 13.6 Å². The van der Waals surface area contributed by atoms with Gasteiger partial charge in [0, 0.05) is 22.5 Å². The zero-order valence-electron chi connectivity index (χ0n) is 10.2. The smallest absolute Gasteiger partial charge is 0.128 e. The van der Waals surface area contributed by atoms with Gasteiger partial charge in [-0.05, 0) is 32.0 Å². The normalized spacial score (nSPS) is 19.2. The highest BCUT2D eigenvalue weighted by Crippen LogP contribution is 2.43. The molecule has 0 unspecified atom stereocenters. The molecule has 0 heterocycles. The van der Waals surface area contributed by atoms with Crippen molar-refractivity contribution in [3.05, 3.63) is 34.6 Å². The fourth-order valence-corrected chi connectivity index (χ4v) is 3.45. The van der Waals surface area contributed by atoms with E-state index in [1.807, 2.05) is 7.05 Å². The molecule has 0 atom stereocenters. The highest BCUT2D eigenvalue weighted by Gasteiger charge is 2.36. The summed E-state index contributed by atoms with van der Waals surface area (Å²) >= 11 is 6.22. The van der Waals surface area contributed by atoms with Gasteiger partial charge in [0.1, 0.15) is 5.82 Å². The Balaban J connectivity index is 2.44. The minimum Gasteiger partial charge on any atom is -0.319 e. The molecule has 0 bridgehead atoms. The van der Waals surface area contributed by atoms with Crippen molar-refractivity contribution in [2.24, 2.45) is 0 Å². The van der Waals surface area contributed by atoms with Crippen LogP contribution in [0.2, 0.25) is 5.02 Å². The first-order valence-corrected chi connectivity index (χ1v) is 6.66. The second-order valence-electron chi connectivity index (χ2n) is 4.97. The molecule has 1 aromatic rings. The van der Waals surface area contributed by atoms with Gasteiger partial charge in [0.05, 0.1) is 0 Å². The SMILES string of the molecule is CNCC1(c2c(F)cccc2Cl)CCCCC1. The third-order valence-electron chi connectivity index (χ3n) is 3.82. The molecule has 1 aliphatic carbocycles. The lowest BCUT2D eigenvalue weighted by atomic mass is 9.69. The van der Waals surface area contributed by atoms with Gasteiger partial charge >= 0.3 is 0 Å². The third kappa shape index (κ3) is 2.48. The van der Waals surface area contributed by atoms with Gasteiger partial charge in [-0.2, -0.15) is 0 Å². The highest BCUT2D eigenvalue weighted by molar-refractivity contribution is 6.31. The summed E-state index contributed by atoms with van der Waals surface area (Å²) in [4.78, 5) is 0. The molecular formula is C14H19ClFN. The maximum Gasteiger partial charge on any atom is 0.128 e. The number of hydrogen-bond donors (Lipinski definition) is 1. The molecule has 0 saturated heterocycles. The number of benzene rings is 1. The average molecular weight is 256 g/mol.